The van der Waals surface area contributed by atoms with Crippen LogP contribution in [0.15, 0.2) is 18.5 Å². The molecular weight excluding hydrogens is 184 g/mol. The van der Waals surface area contributed by atoms with Crippen molar-refractivity contribution >= 4 is 18.5 Å². The molecule has 70 valence electrons. The van der Waals surface area contributed by atoms with Gasteiger partial charge >= 0.3 is 0 Å². The number of carbonyl (C=O) groups excluding carboxylic acids is 1. The fourth-order valence-corrected chi connectivity index (χ4v) is 1.93. The van der Waals surface area contributed by atoms with Gasteiger partial charge in [0.15, 0.2) is 0 Å². The fourth-order valence-electron chi connectivity index (χ4n) is 1.58. The van der Waals surface area contributed by atoms with Gasteiger partial charge in [0.25, 0.3) is 0 Å². The zero-order valence-electron chi connectivity index (χ0n) is 7.23. The quantitative estimate of drug-likeness (QED) is 0.681. The first kappa shape index (κ1) is 8.69. The van der Waals surface area contributed by atoms with E-state index in [-0.39, 0.29) is 11.2 Å². The van der Waals surface area contributed by atoms with Crippen LogP contribution in [-0.4, -0.2) is 27.6 Å². The lowest BCUT2D eigenvalue weighted by molar-refractivity contribution is -0.128. The summed E-state index contributed by atoms with van der Waals surface area (Å²) in [6.07, 6.45) is 4.36. The number of nitrogens with zero attached hydrogens (tertiary/aromatic N) is 1. The van der Waals surface area contributed by atoms with Crippen LogP contribution < -0.4 is 0 Å². The molecule has 3 nitrogen and oxygen atoms in total. The summed E-state index contributed by atoms with van der Waals surface area (Å²) in [4.78, 5) is 16.2. The molecule has 1 atom stereocenters. The first-order valence-electron chi connectivity index (χ1n) is 4.33. The Bertz CT molecular complexity index is 297. The van der Waals surface area contributed by atoms with E-state index in [0.29, 0.717) is 13.0 Å². The number of amides is 1. The summed E-state index contributed by atoms with van der Waals surface area (Å²) in [7, 11) is 0. The van der Waals surface area contributed by atoms with Gasteiger partial charge < -0.3 is 9.88 Å². The number of rotatable bonds is 2. The minimum atomic E-state index is 0.209. The third-order valence-electron chi connectivity index (χ3n) is 2.23. The van der Waals surface area contributed by atoms with E-state index in [1.165, 1.54) is 0 Å². The van der Waals surface area contributed by atoms with Crippen molar-refractivity contribution in [2.45, 2.75) is 18.2 Å². The van der Waals surface area contributed by atoms with E-state index in [0.717, 1.165) is 12.1 Å². The van der Waals surface area contributed by atoms with Crippen LogP contribution in [-0.2, 0) is 11.3 Å². The first-order valence-corrected chi connectivity index (χ1v) is 4.85. The molecule has 0 radical (unpaired) electrons. The second-order valence-corrected chi connectivity index (χ2v) is 4.08. The molecule has 1 N–H and O–H groups in total. The maximum Gasteiger partial charge on any atom is 0.224 e. The molecular formula is C9H12N2OS. The van der Waals surface area contributed by atoms with Crippen LogP contribution in [0.2, 0.25) is 0 Å². The number of hydrogen-bond acceptors (Lipinski definition) is 2. The molecule has 0 saturated carbocycles. The molecule has 0 aliphatic carbocycles. The first-order chi connectivity index (χ1) is 6.25. The molecule has 1 aromatic rings. The molecule has 1 aliphatic heterocycles. The number of thiol groups is 1. The van der Waals surface area contributed by atoms with E-state index in [9.17, 15) is 4.79 Å². The molecule has 1 saturated heterocycles. The van der Waals surface area contributed by atoms with Gasteiger partial charge in [0.2, 0.25) is 5.91 Å². The van der Waals surface area contributed by atoms with Crippen LogP contribution in [0.5, 0.6) is 0 Å². The van der Waals surface area contributed by atoms with Crippen molar-refractivity contribution in [3.8, 4) is 0 Å². The topological polar surface area (TPSA) is 36.1 Å². The molecule has 1 unspecified atom stereocenters. The van der Waals surface area contributed by atoms with Gasteiger partial charge in [-0.2, -0.15) is 12.6 Å². The number of H-pyrrole nitrogens is 1. The standard InChI is InChI=1S/C9H12N2OS/c12-9-3-8(13)6-11(9)5-7-1-2-10-4-7/h1-2,4,8,10,13H,3,5-6H2. The van der Waals surface area contributed by atoms with Crippen molar-refractivity contribution in [1.29, 1.82) is 0 Å². The molecule has 1 aliphatic rings. The van der Waals surface area contributed by atoms with Gasteiger partial charge in [0.1, 0.15) is 0 Å². The van der Waals surface area contributed by atoms with Gasteiger partial charge in [-0.15, -0.1) is 0 Å². The predicted octanol–water partition coefficient (Wildman–Crippen LogP) is 1.05. The summed E-state index contributed by atoms with van der Waals surface area (Å²) < 4.78 is 0. The molecule has 1 amide bonds. The molecule has 2 heterocycles. The lowest BCUT2D eigenvalue weighted by Gasteiger charge is -2.14. The number of likely N-dealkylation sites (tertiary alicyclic amines) is 1. The van der Waals surface area contributed by atoms with Gasteiger partial charge in [0, 0.05) is 37.2 Å². The van der Waals surface area contributed by atoms with Gasteiger partial charge in [-0.05, 0) is 11.6 Å². The summed E-state index contributed by atoms with van der Waals surface area (Å²) in [6.45, 7) is 1.48. The van der Waals surface area contributed by atoms with Gasteiger partial charge in [0.05, 0.1) is 0 Å². The lowest BCUT2D eigenvalue weighted by Crippen LogP contribution is -2.24. The molecule has 0 aromatic carbocycles. The maximum absolute atomic E-state index is 11.4. The summed E-state index contributed by atoms with van der Waals surface area (Å²) in [5.74, 6) is 0.209. The summed E-state index contributed by atoms with van der Waals surface area (Å²) in [6, 6.07) is 1.99. The van der Waals surface area contributed by atoms with E-state index >= 15 is 0 Å². The maximum atomic E-state index is 11.4. The zero-order chi connectivity index (χ0) is 9.26. The van der Waals surface area contributed by atoms with Gasteiger partial charge in [-0.25, -0.2) is 0 Å². The number of aromatic amines is 1. The van der Waals surface area contributed by atoms with E-state index in [1.807, 2.05) is 23.4 Å². The second kappa shape index (κ2) is 3.46. The molecule has 2 rings (SSSR count). The Labute approximate surface area is 82.5 Å². The fraction of sp³-hybridized carbons (Fsp3) is 0.444. The van der Waals surface area contributed by atoms with Crippen LogP contribution in [0, 0.1) is 0 Å². The van der Waals surface area contributed by atoms with E-state index in [2.05, 4.69) is 17.6 Å². The van der Waals surface area contributed by atoms with Crippen LogP contribution in [0.3, 0.4) is 0 Å². The molecule has 1 aromatic heterocycles. The minimum absolute atomic E-state index is 0.209. The highest BCUT2D eigenvalue weighted by molar-refractivity contribution is 7.81. The molecule has 0 spiro atoms. The smallest absolute Gasteiger partial charge is 0.224 e. The number of carbonyl (C=O) groups is 1. The van der Waals surface area contributed by atoms with Crippen LogP contribution >= 0.6 is 12.6 Å². The van der Waals surface area contributed by atoms with Gasteiger partial charge in [-0.1, -0.05) is 0 Å². The van der Waals surface area contributed by atoms with Crippen LogP contribution in [0.1, 0.15) is 12.0 Å². The Hall–Kier alpha value is -0.900. The summed E-state index contributed by atoms with van der Waals surface area (Å²) in [5.41, 5.74) is 1.15. The summed E-state index contributed by atoms with van der Waals surface area (Å²) in [5, 5.41) is 0.214. The predicted molar refractivity (Wildman–Crippen MR) is 53.6 cm³/mol. The van der Waals surface area contributed by atoms with Crippen LogP contribution in [0.4, 0.5) is 0 Å². The average molecular weight is 196 g/mol. The van der Waals surface area contributed by atoms with Crippen molar-refractivity contribution in [2.24, 2.45) is 0 Å². The van der Waals surface area contributed by atoms with Crippen LogP contribution in [0.25, 0.3) is 0 Å². The minimum Gasteiger partial charge on any atom is -0.367 e. The largest absolute Gasteiger partial charge is 0.367 e. The number of hydrogen-bond donors (Lipinski definition) is 2. The zero-order valence-corrected chi connectivity index (χ0v) is 8.13. The Kier molecular flexibility index (Phi) is 2.31. The Balaban J connectivity index is 1.99. The SMILES string of the molecule is O=C1CC(S)CN1Cc1cc[nH]c1. The normalized spacial score (nSPS) is 22.7. The highest BCUT2D eigenvalue weighted by Crippen LogP contribution is 2.18. The van der Waals surface area contributed by atoms with Crippen molar-refractivity contribution in [3.05, 3.63) is 24.0 Å². The van der Waals surface area contributed by atoms with Crippen molar-refractivity contribution in [3.63, 3.8) is 0 Å². The Morgan fingerprint density at radius 1 is 1.69 bits per heavy atom. The number of nitrogens with one attached hydrogen (secondary N) is 1. The van der Waals surface area contributed by atoms with E-state index in [4.69, 9.17) is 0 Å². The highest BCUT2D eigenvalue weighted by Gasteiger charge is 2.26. The third kappa shape index (κ3) is 1.88. The van der Waals surface area contributed by atoms with E-state index < -0.39 is 0 Å². The molecule has 13 heavy (non-hydrogen) atoms. The Morgan fingerprint density at radius 3 is 3.08 bits per heavy atom. The average Bonchev–Trinajstić information content (AvgIpc) is 2.63. The molecule has 0 bridgehead atoms. The third-order valence-corrected chi connectivity index (χ3v) is 2.58. The van der Waals surface area contributed by atoms with E-state index in [1.54, 1.807) is 0 Å². The monoisotopic (exact) mass is 196 g/mol. The van der Waals surface area contributed by atoms with Crippen molar-refractivity contribution < 1.29 is 4.79 Å². The Morgan fingerprint density at radius 2 is 2.54 bits per heavy atom. The summed E-state index contributed by atoms with van der Waals surface area (Å²) >= 11 is 4.29. The van der Waals surface area contributed by atoms with Crippen molar-refractivity contribution in [2.75, 3.05) is 6.54 Å². The molecule has 1 fully saturated rings. The highest BCUT2D eigenvalue weighted by atomic mass is 32.1. The lowest BCUT2D eigenvalue weighted by atomic mass is 10.3. The second-order valence-electron chi connectivity index (χ2n) is 3.35. The van der Waals surface area contributed by atoms with Crippen molar-refractivity contribution in [1.82, 2.24) is 9.88 Å². The van der Waals surface area contributed by atoms with Gasteiger partial charge in [-0.3, -0.25) is 4.79 Å². The number of aromatic nitrogens is 1. The molecule has 4 heteroatoms.